The van der Waals surface area contributed by atoms with E-state index >= 15 is 0 Å². The second kappa shape index (κ2) is 5.60. The highest BCUT2D eigenvalue weighted by Crippen LogP contribution is 2.28. The van der Waals surface area contributed by atoms with Gasteiger partial charge in [0.05, 0.1) is 10.8 Å². The molecule has 8 heteroatoms. The summed E-state index contributed by atoms with van der Waals surface area (Å²) in [4.78, 5) is 4.16. The van der Waals surface area contributed by atoms with Gasteiger partial charge in [0.2, 0.25) is 11.7 Å². The van der Waals surface area contributed by atoms with Crippen LogP contribution in [0.15, 0.2) is 22.7 Å². The summed E-state index contributed by atoms with van der Waals surface area (Å²) in [6.07, 6.45) is 0. The molecule has 0 bridgehead atoms. The van der Waals surface area contributed by atoms with E-state index in [0.717, 1.165) is 11.8 Å². The third-order valence-corrected chi connectivity index (χ3v) is 3.24. The minimum absolute atomic E-state index is 0.000671. The van der Waals surface area contributed by atoms with Crippen LogP contribution in [0.1, 0.15) is 5.89 Å². The lowest BCUT2D eigenvalue weighted by atomic mass is 10.2. The molecule has 0 aliphatic heterocycles. The lowest BCUT2D eigenvalue weighted by Crippen LogP contribution is -2.03. The topological polar surface area (TPSA) is 88.8 Å². The van der Waals surface area contributed by atoms with Gasteiger partial charge in [0, 0.05) is 10.6 Å². The third kappa shape index (κ3) is 3.16. The normalized spacial score (nSPS) is 10.6. The van der Waals surface area contributed by atoms with Crippen LogP contribution in [0.4, 0.5) is 0 Å². The summed E-state index contributed by atoms with van der Waals surface area (Å²) in [6.45, 7) is 0. The fraction of sp³-hybridized carbons (Fsp3) is 0.100. The van der Waals surface area contributed by atoms with E-state index in [1.165, 1.54) is 0 Å². The summed E-state index contributed by atoms with van der Waals surface area (Å²) < 4.78 is 5.03. The Kier molecular flexibility index (Phi) is 4.11. The molecule has 3 N–H and O–H groups in total. The zero-order chi connectivity index (χ0) is 13.1. The van der Waals surface area contributed by atoms with Crippen LogP contribution < -0.4 is 5.73 Å². The maximum absolute atomic E-state index is 7.09. The van der Waals surface area contributed by atoms with Crippen molar-refractivity contribution in [1.29, 1.82) is 5.41 Å². The standard InChI is InChI=1S/C10H8Cl2N4OS/c11-5-1-2-6(7(12)3-5)9-15-8(17-16-9)4-18-10(13)14/h1-3H,4H2,(H3,13,14). The molecule has 0 spiro atoms. The summed E-state index contributed by atoms with van der Waals surface area (Å²) >= 11 is 13.0. The molecule has 0 radical (unpaired) electrons. The van der Waals surface area contributed by atoms with Crippen LogP contribution in [0.5, 0.6) is 0 Å². The Morgan fingerprint density at radius 1 is 1.44 bits per heavy atom. The van der Waals surface area contributed by atoms with Crippen molar-refractivity contribution in [2.24, 2.45) is 5.73 Å². The molecule has 0 fully saturated rings. The van der Waals surface area contributed by atoms with Crippen LogP contribution in [0.2, 0.25) is 10.0 Å². The molecule has 1 aromatic heterocycles. The van der Waals surface area contributed by atoms with Crippen LogP contribution in [-0.2, 0) is 5.75 Å². The first-order valence-electron chi connectivity index (χ1n) is 4.81. The SMILES string of the molecule is N=C(N)SCc1nc(-c2ccc(Cl)cc2Cl)no1. The van der Waals surface area contributed by atoms with E-state index in [4.69, 9.17) is 38.9 Å². The van der Waals surface area contributed by atoms with Crippen molar-refractivity contribution in [2.45, 2.75) is 5.75 Å². The highest BCUT2D eigenvalue weighted by atomic mass is 35.5. The van der Waals surface area contributed by atoms with E-state index < -0.39 is 0 Å². The Morgan fingerprint density at radius 3 is 2.89 bits per heavy atom. The van der Waals surface area contributed by atoms with E-state index in [-0.39, 0.29) is 5.17 Å². The molecule has 0 atom stereocenters. The van der Waals surface area contributed by atoms with Gasteiger partial charge in [-0.3, -0.25) is 5.41 Å². The van der Waals surface area contributed by atoms with Crippen molar-refractivity contribution in [3.63, 3.8) is 0 Å². The first-order chi connectivity index (χ1) is 8.56. The number of nitrogens with one attached hydrogen (secondary N) is 1. The fourth-order valence-corrected chi connectivity index (χ4v) is 2.12. The molecular formula is C10H8Cl2N4OS. The Hall–Kier alpha value is -1.24. The van der Waals surface area contributed by atoms with Crippen LogP contribution in [0.3, 0.4) is 0 Å². The van der Waals surface area contributed by atoms with E-state index in [2.05, 4.69) is 10.1 Å². The van der Waals surface area contributed by atoms with Crippen molar-refractivity contribution in [2.75, 3.05) is 0 Å². The number of thioether (sulfide) groups is 1. The minimum atomic E-state index is -0.000671. The fourth-order valence-electron chi connectivity index (χ4n) is 1.23. The third-order valence-electron chi connectivity index (χ3n) is 1.99. The Morgan fingerprint density at radius 2 is 2.22 bits per heavy atom. The largest absolute Gasteiger partial charge is 0.379 e. The highest BCUT2D eigenvalue weighted by Gasteiger charge is 2.12. The molecular weight excluding hydrogens is 295 g/mol. The number of hydrogen-bond donors (Lipinski definition) is 2. The van der Waals surface area contributed by atoms with Gasteiger partial charge in [-0.05, 0) is 18.2 Å². The average molecular weight is 303 g/mol. The van der Waals surface area contributed by atoms with Gasteiger partial charge in [-0.15, -0.1) is 0 Å². The van der Waals surface area contributed by atoms with Crippen molar-refractivity contribution in [3.05, 3.63) is 34.1 Å². The van der Waals surface area contributed by atoms with Gasteiger partial charge in [-0.2, -0.15) is 4.98 Å². The molecule has 1 aromatic carbocycles. The second-order valence-corrected chi connectivity index (χ2v) is 5.15. The van der Waals surface area contributed by atoms with E-state index in [0.29, 0.717) is 33.1 Å². The molecule has 2 aromatic rings. The molecule has 0 saturated carbocycles. The van der Waals surface area contributed by atoms with Crippen LogP contribution in [0.25, 0.3) is 11.4 Å². The molecule has 18 heavy (non-hydrogen) atoms. The van der Waals surface area contributed by atoms with Gasteiger partial charge in [0.1, 0.15) is 0 Å². The number of hydrogen-bond acceptors (Lipinski definition) is 5. The number of halogens is 2. The van der Waals surface area contributed by atoms with Crippen molar-refractivity contribution >= 4 is 40.1 Å². The molecule has 0 amide bonds. The molecule has 0 unspecified atom stereocenters. The van der Waals surface area contributed by atoms with Gasteiger partial charge in [-0.25, -0.2) is 0 Å². The van der Waals surface area contributed by atoms with E-state index in [1.807, 2.05) is 0 Å². The summed E-state index contributed by atoms with van der Waals surface area (Å²) in [5.74, 6) is 1.13. The lowest BCUT2D eigenvalue weighted by Gasteiger charge is -1.98. The zero-order valence-corrected chi connectivity index (χ0v) is 11.3. The van der Waals surface area contributed by atoms with Gasteiger partial charge in [0.15, 0.2) is 5.17 Å². The molecule has 2 rings (SSSR count). The van der Waals surface area contributed by atoms with Crippen molar-refractivity contribution < 1.29 is 4.52 Å². The van der Waals surface area contributed by atoms with Gasteiger partial charge in [0.25, 0.3) is 0 Å². The van der Waals surface area contributed by atoms with E-state index in [9.17, 15) is 0 Å². The molecule has 94 valence electrons. The lowest BCUT2D eigenvalue weighted by molar-refractivity contribution is 0.392. The van der Waals surface area contributed by atoms with Gasteiger partial charge >= 0.3 is 0 Å². The highest BCUT2D eigenvalue weighted by molar-refractivity contribution is 8.12. The Bertz CT molecular complexity index is 587. The summed E-state index contributed by atoms with van der Waals surface area (Å²) in [6, 6.07) is 5.03. The van der Waals surface area contributed by atoms with Crippen LogP contribution >= 0.6 is 35.0 Å². The monoisotopic (exact) mass is 302 g/mol. The smallest absolute Gasteiger partial charge is 0.237 e. The van der Waals surface area contributed by atoms with Crippen LogP contribution in [0, 0.1) is 5.41 Å². The average Bonchev–Trinajstić information content (AvgIpc) is 2.75. The van der Waals surface area contributed by atoms with Crippen molar-refractivity contribution in [1.82, 2.24) is 10.1 Å². The Balaban J connectivity index is 2.21. The maximum atomic E-state index is 7.09. The molecule has 0 aliphatic rings. The Labute approximate surface area is 117 Å². The predicted octanol–water partition coefficient (Wildman–Crippen LogP) is 3.17. The number of aromatic nitrogens is 2. The quantitative estimate of drug-likeness (QED) is 0.671. The minimum Gasteiger partial charge on any atom is -0.379 e. The number of benzene rings is 1. The maximum Gasteiger partial charge on any atom is 0.237 e. The zero-order valence-electron chi connectivity index (χ0n) is 8.98. The number of amidine groups is 1. The molecule has 0 saturated heterocycles. The second-order valence-electron chi connectivity index (χ2n) is 3.29. The summed E-state index contributed by atoms with van der Waals surface area (Å²) in [5.41, 5.74) is 5.86. The van der Waals surface area contributed by atoms with Gasteiger partial charge < -0.3 is 10.3 Å². The number of nitrogens with two attached hydrogens (primary N) is 1. The molecule has 0 aliphatic carbocycles. The first kappa shape index (κ1) is 13.2. The van der Waals surface area contributed by atoms with E-state index in [1.54, 1.807) is 18.2 Å². The molecule has 1 heterocycles. The summed E-state index contributed by atoms with van der Waals surface area (Å²) in [5, 5.41) is 11.9. The number of rotatable bonds is 3. The van der Waals surface area contributed by atoms with Crippen molar-refractivity contribution in [3.8, 4) is 11.4 Å². The summed E-state index contributed by atoms with van der Waals surface area (Å²) in [7, 11) is 0. The predicted molar refractivity (Wildman–Crippen MR) is 73.0 cm³/mol. The van der Waals surface area contributed by atoms with Crippen LogP contribution in [-0.4, -0.2) is 15.3 Å². The first-order valence-corrected chi connectivity index (χ1v) is 6.55. The number of nitrogens with zero attached hydrogens (tertiary/aromatic N) is 2. The molecule has 5 nitrogen and oxygen atoms in total. The van der Waals surface area contributed by atoms with Gasteiger partial charge in [-0.1, -0.05) is 40.1 Å².